The van der Waals surface area contributed by atoms with Crippen molar-refractivity contribution in [2.24, 2.45) is 0 Å². The maximum atomic E-state index is 12.2. The van der Waals surface area contributed by atoms with Gasteiger partial charge in [0.25, 0.3) is 0 Å². The highest BCUT2D eigenvalue weighted by Crippen LogP contribution is 2.21. The first kappa shape index (κ1) is 17.0. The number of hydrogen-bond donors (Lipinski definition) is 2. The van der Waals surface area contributed by atoms with Crippen LogP contribution in [0.15, 0.2) is 54.7 Å². The molecule has 2 aromatic carbocycles. The molecule has 1 heterocycles. The molecule has 0 aliphatic heterocycles. The Morgan fingerprint density at radius 1 is 1.24 bits per heavy atom. The third kappa shape index (κ3) is 3.83. The fourth-order valence-corrected chi connectivity index (χ4v) is 2.93. The number of hydrogen-bond acceptors (Lipinski definition) is 3. The van der Waals surface area contributed by atoms with Crippen molar-refractivity contribution in [2.45, 2.75) is 19.6 Å². The van der Waals surface area contributed by atoms with E-state index >= 15 is 0 Å². The number of ether oxygens (including phenoxy) is 1. The molecule has 2 N–H and O–H groups in total. The summed E-state index contributed by atoms with van der Waals surface area (Å²) in [6, 6.07) is 15.3. The Balaban J connectivity index is 1.62. The second-order valence-corrected chi connectivity index (χ2v) is 6.04. The van der Waals surface area contributed by atoms with Crippen LogP contribution in [-0.4, -0.2) is 29.2 Å². The molecular weight excluding hydrogens is 316 g/mol. The van der Waals surface area contributed by atoms with Crippen molar-refractivity contribution in [2.75, 3.05) is 13.7 Å². The van der Waals surface area contributed by atoms with Crippen LogP contribution in [0.5, 0.6) is 5.75 Å². The van der Waals surface area contributed by atoms with E-state index in [9.17, 15) is 9.90 Å². The van der Waals surface area contributed by atoms with Crippen molar-refractivity contribution in [3.8, 4) is 5.75 Å². The molecule has 0 radical (unpaired) electrons. The Morgan fingerprint density at radius 2 is 2.04 bits per heavy atom. The number of fused-ring (bicyclic) bond motifs is 1. The summed E-state index contributed by atoms with van der Waals surface area (Å²) in [6.07, 6.45) is 1.16. The summed E-state index contributed by atoms with van der Waals surface area (Å²) in [6.45, 7) is 2.34. The fraction of sp³-hybridized carbons (Fsp3) is 0.250. The van der Waals surface area contributed by atoms with Gasteiger partial charge in [-0.3, -0.25) is 4.79 Å². The molecule has 5 nitrogen and oxygen atoms in total. The summed E-state index contributed by atoms with van der Waals surface area (Å²) in [5.74, 6) is 0.650. The van der Waals surface area contributed by atoms with Crippen LogP contribution in [0.1, 0.15) is 17.2 Å². The minimum Gasteiger partial charge on any atom is -0.497 e. The van der Waals surface area contributed by atoms with Crippen LogP contribution in [0.4, 0.5) is 0 Å². The zero-order valence-electron chi connectivity index (χ0n) is 14.4. The predicted octanol–water partition coefficient (Wildman–Crippen LogP) is 2.81. The van der Waals surface area contributed by atoms with Crippen molar-refractivity contribution in [1.82, 2.24) is 9.88 Å². The van der Waals surface area contributed by atoms with Crippen LogP contribution in [0.25, 0.3) is 10.9 Å². The number of carbonyl (C=O) groups excluding carboxylic acids is 1. The fourth-order valence-electron chi connectivity index (χ4n) is 2.93. The molecule has 0 aliphatic carbocycles. The minimum absolute atomic E-state index is 0.138. The molecule has 1 unspecified atom stereocenters. The van der Waals surface area contributed by atoms with E-state index in [4.69, 9.17) is 4.74 Å². The lowest BCUT2D eigenvalue weighted by molar-refractivity contribution is -0.122. The largest absolute Gasteiger partial charge is 0.497 e. The summed E-state index contributed by atoms with van der Waals surface area (Å²) in [5.41, 5.74) is 2.81. The van der Waals surface area contributed by atoms with E-state index in [0.717, 1.165) is 27.8 Å². The molecule has 5 heteroatoms. The summed E-state index contributed by atoms with van der Waals surface area (Å²) >= 11 is 0. The van der Waals surface area contributed by atoms with Crippen LogP contribution in [0.2, 0.25) is 0 Å². The first-order valence-corrected chi connectivity index (χ1v) is 8.21. The Bertz CT molecular complexity index is 886. The van der Waals surface area contributed by atoms with Gasteiger partial charge in [0.15, 0.2) is 0 Å². The Hall–Kier alpha value is -2.79. The van der Waals surface area contributed by atoms with Crippen molar-refractivity contribution in [3.05, 3.63) is 65.9 Å². The number of methoxy groups -OCH3 is 1. The van der Waals surface area contributed by atoms with Crippen molar-refractivity contribution >= 4 is 16.8 Å². The summed E-state index contributed by atoms with van der Waals surface area (Å²) in [5, 5.41) is 14.1. The third-order valence-electron chi connectivity index (χ3n) is 4.33. The monoisotopic (exact) mass is 338 g/mol. The van der Waals surface area contributed by atoms with E-state index in [2.05, 4.69) is 5.32 Å². The quantitative estimate of drug-likeness (QED) is 0.726. The Kier molecular flexibility index (Phi) is 5.05. The molecule has 0 saturated carbocycles. The van der Waals surface area contributed by atoms with E-state index < -0.39 is 6.10 Å². The van der Waals surface area contributed by atoms with E-state index in [1.54, 1.807) is 7.11 Å². The van der Waals surface area contributed by atoms with Crippen molar-refractivity contribution < 1.29 is 14.6 Å². The van der Waals surface area contributed by atoms with Crippen molar-refractivity contribution in [3.63, 3.8) is 0 Å². The Morgan fingerprint density at radius 3 is 2.80 bits per heavy atom. The molecule has 1 aromatic heterocycles. The van der Waals surface area contributed by atoms with Gasteiger partial charge < -0.3 is 19.7 Å². The zero-order chi connectivity index (χ0) is 17.8. The molecule has 0 bridgehead atoms. The van der Waals surface area contributed by atoms with E-state index in [1.165, 1.54) is 0 Å². The molecule has 0 spiro atoms. The predicted molar refractivity (Wildman–Crippen MR) is 97.6 cm³/mol. The second kappa shape index (κ2) is 7.40. The molecule has 1 amide bonds. The third-order valence-corrected chi connectivity index (χ3v) is 4.33. The molecule has 130 valence electrons. The smallest absolute Gasteiger partial charge is 0.240 e. The molecule has 0 saturated heterocycles. The van der Waals surface area contributed by atoms with Gasteiger partial charge in [0.2, 0.25) is 5.91 Å². The normalized spacial score (nSPS) is 12.1. The zero-order valence-corrected chi connectivity index (χ0v) is 14.4. The SMILES string of the molecule is COc1ccc2c(ccn2CC(=O)NCC(O)c2ccccc2C)c1. The number of nitrogens with one attached hydrogen (secondary N) is 1. The van der Waals surface area contributed by atoms with Crippen LogP contribution >= 0.6 is 0 Å². The highest BCUT2D eigenvalue weighted by atomic mass is 16.5. The number of benzene rings is 2. The first-order chi connectivity index (χ1) is 12.1. The molecule has 25 heavy (non-hydrogen) atoms. The van der Waals surface area contributed by atoms with Gasteiger partial charge in [-0.15, -0.1) is 0 Å². The molecular formula is C20H22N2O3. The number of aliphatic hydroxyl groups excluding tert-OH is 1. The van der Waals surface area contributed by atoms with E-state index in [1.807, 2.05) is 66.2 Å². The first-order valence-electron chi connectivity index (χ1n) is 8.21. The number of rotatable bonds is 6. The summed E-state index contributed by atoms with van der Waals surface area (Å²) in [7, 11) is 1.63. The molecule has 3 rings (SSSR count). The maximum Gasteiger partial charge on any atom is 0.240 e. The summed E-state index contributed by atoms with van der Waals surface area (Å²) in [4.78, 5) is 12.2. The molecule has 3 aromatic rings. The topological polar surface area (TPSA) is 63.5 Å². The number of carbonyl (C=O) groups is 1. The van der Waals surface area contributed by atoms with E-state index in [0.29, 0.717) is 0 Å². The lowest BCUT2D eigenvalue weighted by atomic mass is 10.0. The maximum absolute atomic E-state index is 12.2. The molecule has 1 atom stereocenters. The van der Waals surface area contributed by atoms with Gasteiger partial charge >= 0.3 is 0 Å². The summed E-state index contributed by atoms with van der Waals surface area (Å²) < 4.78 is 7.09. The van der Waals surface area contributed by atoms with E-state index in [-0.39, 0.29) is 19.0 Å². The number of aryl methyl sites for hydroxylation is 1. The number of aliphatic hydroxyl groups is 1. The molecule has 0 aliphatic rings. The average Bonchev–Trinajstić information content (AvgIpc) is 3.02. The van der Waals surface area contributed by atoms with Crippen LogP contribution in [0, 0.1) is 6.92 Å². The number of aromatic nitrogens is 1. The Labute approximate surface area is 146 Å². The highest BCUT2D eigenvalue weighted by Gasteiger charge is 2.12. The lowest BCUT2D eigenvalue weighted by Crippen LogP contribution is -2.31. The van der Waals surface area contributed by atoms with Crippen LogP contribution in [0.3, 0.4) is 0 Å². The van der Waals surface area contributed by atoms with Crippen LogP contribution in [-0.2, 0) is 11.3 Å². The highest BCUT2D eigenvalue weighted by molar-refractivity contribution is 5.84. The van der Waals surface area contributed by atoms with Gasteiger partial charge in [-0.05, 0) is 42.3 Å². The number of amides is 1. The minimum atomic E-state index is -0.712. The number of nitrogens with zero attached hydrogens (tertiary/aromatic N) is 1. The van der Waals surface area contributed by atoms with Gasteiger partial charge in [-0.1, -0.05) is 24.3 Å². The van der Waals surface area contributed by atoms with Crippen molar-refractivity contribution in [1.29, 1.82) is 0 Å². The van der Waals surface area contributed by atoms with Gasteiger partial charge in [0, 0.05) is 23.6 Å². The average molecular weight is 338 g/mol. The second-order valence-electron chi connectivity index (χ2n) is 6.04. The van der Waals surface area contributed by atoms with Crippen LogP contribution < -0.4 is 10.1 Å². The van der Waals surface area contributed by atoms with Gasteiger partial charge in [-0.25, -0.2) is 0 Å². The van der Waals surface area contributed by atoms with Gasteiger partial charge in [-0.2, -0.15) is 0 Å². The lowest BCUT2D eigenvalue weighted by Gasteiger charge is -2.15. The van der Waals surface area contributed by atoms with Gasteiger partial charge in [0.1, 0.15) is 12.3 Å². The molecule has 0 fully saturated rings. The standard InChI is InChI=1S/C20H22N2O3/c1-14-5-3-4-6-17(14)19(23)12-21-20(24)13-22-10-9-15-11-16(25-2)7-8-18(15)22/h3-11,19,23H,12-13H2,1-2H3,(H,21,24). The van der Waals surface area contributed by atoms with Gasteiger partial charge in [0.05, 0.1) is 13.2 Å².